The molecule has 19 heavy (non-hydrogen) atoms. The van der Waals surface area contributed by atoms with Gasteiger partial charge in [-0.2, -0.15) is 0 Å². The van der Waals surface area contributed by atoms with Crippen LogP contribution in [0.5, 0.6) is 17.2 Å². The zero-order chi connectivity index (χ0) is 13.7. The Morgan fingerprint density at radius 1 is 0.947 bits per heavy atom. The van der Waals surface area contributed by atoms with Gasteiger partial charge in [0.2, 0.25) is 5.75 Å². The Kier molecular flexibility index (Phi) is 4.18. The lowest BCUT2D eigenvalue weighted by atomic mass is 10.2. The van der Waals surface area contributed by atoms with Crippen molar-refractivity contribution in [3.63, 3.8) is 0 Å². The number of nitrogens with one attached hydrogen (secondary N) is 1. The number of aromatic nitrogens is 1. The van der Waals surface area contributed by atoms with Crippen LogP contribution in [0.15, 0.2) is 36.7 Å². The summed E-state index contributed by atoms with van der Waals surface area (Å²) in [6.07, 6.45) is 3.88. The van der Waals surface area contributed by atoms with Gasteiger partial charge in [-0.05, 0) is 29.8 Å². The quantitative estimate of drug-likeness (QED) is 0.867. The van der Waals surface area contributed by atoms with Crippen LogP contribution in [0, 0.1) is 0 Å². The van der Waals surface area contributed by atoms with E-state index in [0.29, 0.717) is 23.8 Å². The van der Waals surface area contributed by atoms with E-state index in [-0.39, 0.29) is 0 Å². The van der Waals surface area contributed by atoms with E-state index in [9.17, 15) is 0 Å². The number of methoxy groups -OCH3 is 3. The fraction of sp³-hybridized carbons (Fsp3) is 0.286. The van der Waals surface area contributed by atoms with Crippen LogP contribution in [0.4, 0.5) is 0 Å². The number of ether oxygens (including phenoxy) is 3. The molecule has 0 saturated heterocycles. The van der Waals surface area contributed by atoms with Crippen LogP contribution in [0.1, 0.15) is 5.56 Å². The van der Waals surface area contributed by atoms with Crippen LogP contribution < -0.4 is 19.6 Å². The third kappa shape index (κ3) is 2.93. The van der Waals surface area contributed by atoms with E-state index in [0.717, 1.165) is 5.56 Å². The van der Waals surface area contributed by atoms with E-state index in [1.165, 1.54) is 0 Å². The van der Waals surface area contributed by atoms with Gasteiger partial charge in [-0.1, -0.05) is 0 Å². The number of hydrogen-bond acceptors (Lipinski definition) is 4. The van der Waals surface area contributed by atoms with Crippen molar-refractivity contribution in [2.45, 2.75) is 6.54 Å². The van der Waals surface area contributed by atoms with Gasteiger partial charge in [0.1, 0.15) is 0 Å². The van der Waals surface area contributed by atoms with Crippen molar-refractivity contribution in [3.8, 4) is 17.2 Å². The normalized spacial score (nSPS) is 10.1. The second kappa shape index (κ2) is 6.04. The fourth-order valence-corrected chi connectivity index (χ4v) is 1.86. The smallest absolute Gasteiger partial charge is 0.203 e. The van der Waals surface area contributed by atoms with Crippen molar-refractivity contribution in [3.05, 3.63) is 42.2 Å². The topological polar surface area (TPSA) is 44.7 Å². The molecular weight excluding hydrogens is 244 g/mol. The van der Waals surface area contributed by atoms with Crippen LogP contribution in [0.3, 0.4) is 0 Å². The Morgan fingerprint density at radius 3 is 2.00 bits per heavy atom. The van der Waals surface area contributed by atoms with Gasteiger partial charge in [0.25, 0.3) is 0 Å². The molecule has 0 bridgehead atoms. The second-order valence-corrected chi connectivity index (χ2v) is 3.96. The number of hydrogen-bond donors (Lipinski definition) is 1. The van der Waals surface area contributed by atoms with Crippen LogP contribution in [-0.4, -0.2) is 26.0 Å². The monoisotopic (exact) mass is 262 g/mol. The number of nitrogens with zero attached hydrogens (tertiary/aromatic N) is 1. The maximum Gasteiger partial charge on any atom is 0.203 e. The highest BCUT2D eigenvalue weighted by Crippen LogP contribution is 2.38. The number of benzene rings is 1. The van der Waals surface area contributed by atoms with E-state index in [4.69, 9.17) is 14.2 Å². The highest BCUT2D eigenvalue weighted by molar-refractivity contribution is 5.53. The minimum Gasteiger partial charge on any atom is -0.493 e. The van der Waals surface area contributed by atoms with Gasteiger partial charge in [-0.3, -0.25) is 4.68 Å². The molecule has 2 aromatic rings. The summed E-state index contributed by atoms with van der Waals surface area (Å²) >= 11 is 0. The summed E-state index contributed by atoms with van der Waals surface area (Å²) in [5.74, 6) is 1.92. The Balaban J connectivity index is 2.20. The third-order valence-electron chi connectivity index (χ3n) is 2.79. The highest BCUT2D eigenvalue weighted by atomic mass is 16.5. The predicted octanol–water partition coefficient (Wildman–Crippen LogP) is 2.26. The standard InChI is InChI=1S/C14H18N2O3/c1-17-12-8-11(9-13(18-2)14(12)19-3)10-15-16-6-4-5-7-16/h4-9,15H,10H2,1-3H3. The summed E-state index contributed by atoms with van der Waals surface area (Å²) in [6, 6.07) is 7.78. The summed E-state index contributed by atoms with van der Waals surface area (Å²) in [5.41, 5.74) is 4.29. The SMILES string of the molecule is COc1cc(CNn2cccc2)cc(OC)c1OC. The lowest BCUT2D eigenvalue weighted by Gasteiger charge is -2.15. The van der Waals surface area contributed by atoms with Crippen molar-refractivity contribution >= 4 is 0 Å². The molecule has 0 aliphatic heterocycles. The average Bonchev–Trinajstić information content (AvgIpc) is 2.97. The van der Waals surface area contributed by atoms with Crippen molar-refractivity contribution in [1.82, 2.24) is 4.68 Å². The van der Waals surface area contributed by atoms with E-state index in [1.54, 1.807) is 21.3 Å². The molecule has 0 amide bonds. The summed E-state index contributed by atoms with van der Waals surface area (Å²) in [4.78, 5) is 0. The molecule has 1 heterocycles. The van der Waals surface area contributed by atoms with E-state index < -0.39 is 0 Å². The van der Waals surface area contributed by atoms with Gasteiger partial charge in [0.15, 0.2) is 11.5 Å². The molecule has 0 atom stereocenters. The van der Waals surface area contributed by atoms with Crippen molar-refractivity contribution < 1.29 is 14.2 Å². The number of rotatable bonds is 6. The first-order valence-electron chi connectivity index (χ1n) is 5.94. The minimum absolute atomic E-state index is 0.606. The first-order chi connectivity index (χ1) is 9.28. The van der Waals surface area contributed by atoms with Crippen molar-refractivity contribution in [2.75, 3.05) is 26.8 Å². The molecule has 1 N–H and O–H groups in total. The zero-order valence-electron chi connectivity index (χ0n) is 11.3. The maximum atomic E-state index is 5.32. The predicted molar refractivity (Wildman–Crippen MR) is 73.6 cm³/mol. The zero-order valence-corrected chi connectivity index (χ0v) is 11.3. The summed E-state index contributed by atoms with van der Waals surface area (Å²) < 4.78 is 17.8. The van der Waals surface area contributed by atoms with Gasteiger partial charge < -0.3 is 19.6 Å². The molecule has 0 fully saturated rings. The lowest BCUT2D eigenvalue weighted by Crippen LogP contribution is -2.12. The summed E-state index contributed by atoms with van der Waals surface area (Å²) in [5, 5.41) is 0. The Hall–Kier alpha value is -2.30. The van der Waals surface area contributed by atoms with Crippen molar-refractivity contribution in [2.24, 2.45) is 0 Å². The molecule has 1 aromatic carbocycles. The molecular formula is C14H18N2O3. The molecule has 1 aromatic heterocycles. The van der Waals surface area contributed by atoms with Crippen LogP contribution in [0.25, 0.3) is 0 Å². The van der Waals surface area contributed by atoms with Crippen LogP contribution in [-0.2, 0) is 6.54 Å². The first-order valence-corrected chi connectivity index (χ1v) is 5.94. The summed E-state index contributed by atoms with van der Waals surface area (Å²) in [7, 11) is 4.82. The fourth-order valence-electron chi connectivity index (χ4n) is 1.86. The molecule has 102 valence electrons. The third-order valence-corrected chi connectivity index (χ3v) is 2.79. The lowest BCUT2D eigenvalue weighted by molar-refractivity contribution is 0.324. The van der Waals surface area contributed by atoms with Gasteiger partial charge in [-0.25, -0.2) is 0 Å². The average molecular weight is 262 g/mol. The van der Waals surface area contributed by atoms with Gasteiger partial charge in [-0.15, -0.1) is 0 Å². The Morgan fingerprint density at radius 2 is 1.53 bits per heavy atom. The molecule has 5 nitrogen and oxygen atoms in total. The van der Waals surface area contributed by atoms with E-state index in [1.807, 2.05) is 41.3 Å². The van der Waals surface area contributed by atoms with Gasteiger partial charge in [0, 0.05) is 12.4 Å². The molecule has 0 unspecified atom stereocenters. The molecule has 5 heteroatoms. The van der Waals surface area contributed by atoms with Gasteiger partial charge >= 0.3 is 0 Å². The Labute approximate surface area is 112 Å². The molecule has 2 rings (SSSR count). The Bertz CT molecular complexity index is 498. The van der Waals surface area contributed by atoms with Crippen molar-refractivity contribution in [1.29, 1.82) is 0 Å². The molecule has 0 aliphatic rings. The minimum atomic E-state index is 0.606. The highest BCUT2D eigenvalue weighted by Gasteiger charge is 2.12. The largest absolute Gasteiger partial charge is 0.493 e. The maximum absolute atomic E-state index is 5.32. The summed E-state index contributed by atoms with van der Waals surface area (Å²) in [6.45, 7) is 0.658. The van der Waals surface area contributed by atoms with Gasteiger partial charge in [0.05, 0.1) is 27.9 Å². The molecule has 0 aliphatic carbocycles. The molecule has 0 radical (unpaired) electrons. The first kappa shape index (κ1) is 13.1. The van der Waals surface area contributed by atoms with Crippen LogP contribution in [0.2, 0.25) is 0 Å². The van der Waals surface area contributed by atoms with E-state index in [2.05, 4.69) is 5.43 Å². The molecule has 0 saturated carbocycles. The molecule has 0 spiro atoms. The second-order valence-electron chi connectivity index (χ2n) is 3.96. The van der Waals surface area contributed by atoms with Crippen LogP contribution >= 0.6 is 0 Å². The van der Waals surface area contributed by atoms with E-state index >= 15 is 0 Å².